The van der Waals surface area contributed by atoms with E-state index in [1.807, 2.05) is 18.0 Å². The average molecular weight is 275 g/mol. The van der Waals surface area contributed by atoms with E-state index in [4.69, 9.17) is 0 Å². The van der Waals surface area contributed by atoms with Gasteiger partial charge in [-0.3, -0.25) is 4.79 Å². The molecule has 2 heterocycles. The molecule has 20 heavy (non-hydrogen) atoms. The van der Waals surface area contributed by atoms with E-state index in [-0.39, 0.29) is 11.3 Å². The highest BCUT2D eigenvalue weighted by molar-refractivity contribution is 5.77. The Hall–Kier alpha value is -1.58. The van der Waals surface area contributed by atoms with Gasteiger partial charge in [0.1, 0.15) is 5.82 Å². The smallest absolute Gasteiger partial charge is 0.223 e. The second kappa shape index (κ2) is 5.81. The van der Waals surface area contributed by atoms with Gasteiger partial charge >= 0.3 is 0 Å². The van der Waals surface area contributed by atoms with Crippen LogP contribution in [0.2, 0.25) is 0 Å². The van der Waals surface area contributed by atoms with Crippen LogP contribution in [0.3, 0.4) is 0 Å². The van der Waals surface area contributed by atoms with Crippen LogP contribution in [0, 0.1) is 12.3 Å². The van der Waals surface area contributed by atoms with Gasteiger partial charge in [-0.1, -0.05) is 26.8 Å². The number of rotatable bonds is 2. The molecule has 1 aromatic rings. The lowest BCUT2D eigenvalue weighted by Gasteiger charge is -2.36. The van der Waals surface area contributed by atoms with E-state index in [0.29, 0.717) is 6.42 Å². The van der Waals surface area contributed by atoms with Crippen molar-refractivity contribution in [3.8, 4) is 0 Å². The van der Waals surface area contributed by atoms with Crippen molar-refractivity contribution in [1.82, 2.24) is 9.88 Å². The van der Waals surface area contributed by atoms with Crippen LogP contribution in [-0.2, 0) is 4.79 Å². The molecule has 0 spiro atoms. The third-order valence-electron chi connectivity index (χ3n) is 3.53. The van der Waals surface area contributed by atoms with Crippen molar-refractivity contribution in [2.24, 2.45) is 5.41 Å². The number of amides is 1. The van der Waals surface area contributed by atoms with E-state index in [2.05, 4.69) is 42.8 Å². The highest BCUT2D eigenvalue weighted by atomic mass is 16.2. The molecule has 0 saturated carbocycles. The molecule has 1 amide bonds. The fraction of sp³-hybridized carbons (Fsp3) is 0.625. The molecule has 0 aliphatic carbocycles. The summed E-state index contributed by atoms with van der Waals surface area (Å²) in [6.07, 6.45) is 2.52. The molecule has 110 valence electrons. The van der Waals surface area contributed by atoms with E-state index in [1.165, 1.54) is 5.56 Å². The van der Waals surface area contributed by atoms with E-state index in [0.717, 1.165) is 32.0 Å². The number of carbonyl (C=O) groups is 1. The molecule has 4 nitrogen and oxygen atoms in total. The first-order valence-corrected chi connectivity index (χ1v) is 7.30. The van der Waals surface area contributed by atoms with Gasteiger partial charge in [0.25, 0.3) is 0 Å². The Morgan fingerprint density at radius 2 is 1.85 bits per heavy atom. The molecule has 4 heteroatoms. The summed E-state index contributed by atoms with van der Waals surface area (Å²) in [5, 5.41) is 0. The minimum absolute atomic E-state index is 0.0622. The summed E-state index contributed by atoms with van der Waals surface area (Å²) in [4.78, 5) is 20.9. The van der Waals surface area contributed by atoms with E-state index < -0.39 is 0 Å². The van der Waals surface area contributed by atoms with Crippen LogP contribution in [0.5, 0.6) is 0 Å². The second-order valence-electron chi connectivity index (χ2n) is 6.80. The van der Waals surface area contributed by atoms with Crippen LogP contribution >= 0.6 is 0 Å². The summed E-state index contributed by atoms with van der Waals surface area (Å²) >= 11 is 0. The number of piperazine rings is 1. The van der Waals surface area contributed by atoms with Crippen molar-refractivity contribution >= 4 is 11.7 Å². The zero-order valence-electron chi connectivity index (χ0n) is 13.0. The van der Waals surface area contributed by atoms with Crippen LogP contribution in [0.15, 0.2) is 18.3 Å². The molecule has 1 aliphatic heterocycles. The third-order valence-corrected chi connectivity index (χ3v) is 3.53. The fourth-order valence-electron chi connectivity index (χ4n) is 2.40. The lowest BCUT2D eigenvalue weighted by Crippen LogP contribution is -2.49. The lowest BCUT2D eigenvalue weighted by molar-refractivity contribution is -0.133. The first-order chi connectivity index (χ1) is 9.35. The van der Waals surface area contributed by atoms with E-state index in [1.54, 1.807) is 0 Å². The van der Waals surface area contributed by atoms with Crippen LogP contribution in [0.1, 0.15) is 32.8 Å². The standard InChI is InChI=1S/C16H25N3O/c1-13-5-6-14(17-12-13)18-7-9-19(10-8-18)15(20)11-16(2,3)4/h5-6,12H,7-11H2,1-4H3. The van der Waals surface area contributed by atoms with Gasteiger partial charge in [0.15, 0.2) is 0 Å². The second-order valence-corrected chi connectivity index (χ2v) is 6.80. The largest absolute Gasteiger partial charge is 0.353 e. The number of anilines is 1. The fourth-order valence-corrected chi connectivity index (χ4v) is 2.40. The van der Waals surface area contributed by atoms with Gasteiger partial charge in [0, 0.05) is 38.8 Å². The Balaban J connectivity index is 1.89. The molecule has 0 atom stereocenters. The molecule has 0 aromatic carbocycles. The summed E-state index contributed by atoms with van der Waals surface area (Å²) in [5.74, 6) is 1.28. The molecule has 1 aromatic heterocycles. The first-order valence-electron chi connectivity index (χ1n) is 7.30. The molecule has 2 rings (SSSR count). The third kappa shape index (κ3) is 3.95. The number of aryl methyl sites for hydroxylation is 1. The number of hydrogen-bond acceptors (Lipinski definition) is 3. The van der Waals surface area contributed by atoms with Gasteiger partial charge < -0.3 is 9.80 Å². The maximum atomic E-state index is 12.2. The summed E-state index contributed by atoms with van der Waals surface area (Å²) in [5.41, 5.74) is 1.24. The normalized spacial score (nSPS) is 16.4. The molecule has 1 saturated heterocycles. The number of aromatic nitrogens is 1. The summed E-state index contributed by atoms with van der Waals surface area (Å²) < 4.78 is 0. The van der Waals surface area contributed by atoms with Crippen molar-refractivity contribution in [2.45, 2.75) is 34.1 Å². The lowest BCUT2D eigenvalue weighted by atomic mass is 9.91. The zero-order valence-corrected chi connectivity index (χ0v) is 13.0. The predicted molar refractivity (Wildman–Crippen MR) is 81.8 cm³/mol. The molecule has 0 bridgehead atoms. The Labute approximate surface area is 121 Å². The van der Waals surface area contributed by atoms with Gasteiger partial charge in [-0.2, -0.15) is 0 Å². The number of hydrogen-bond donors (Lipinski definition) is 0. The minimum Gasteiger partial charge on any atom is -0.353 e. The Bertz CT molecular complexity index is 454. The highest BCUT2D eigenvalue weighted by Gasteiger charge is 2.25. The highest BCUT2D eigenvalue weighted by Crippen LogP contribution is 2.21. The quantitative estimate of drug-likeness (QED) is 0.832. The predicted octanol–water partition coefficient (Wildman–Crippen LogP) is 2.47. The zero-order chi connectivity index (χ0) is 14.8. The van der Waals surface area contributed by atoms with Gasteiger partial charge in [-0.15, -0.1) is 0 Å². The number of nitrogens with zero attached hydrogens (tertiary/aromatic N) is 3. The first kappa shape index (κ1) is 14.8. The number of carbonyl (C=O) groups excluding carboxylic acids is 1. The van der Waals surface area contributed by atoms with Crippen LogP contribution in [0.4, 0.5) is 5.82 Å². The Kier molecular flexibility index (Phi) is 4.31. The van der Waals surface area contributed by atoms with Gasteiger partial charge in [0.05, 0.1) is 0 Å². The summed E-state index contributed by atoms with van der Waals surface area (Å²) in [7, 11) is 0. The van der Waals surface area contributed by atoms with Crippen LogP contribution in [-0.4, -0.2) is 42.0 Å². The topological polar surface area (TPSA) is 36.4 Å². The van der Waals surface area contributed by atoms with Crippen LogP contribution < -0.4 is 4.90 Å². The van der Waals surface area contributed by atoms with Gasteiger partial charge in [-0.05, 0) is 24.0 Å². The van der Waals surface area contributed by atoms with E-state index in [9.17, 15) is 4.79 Å². The average Bonchev–Trinajstić information content (AvgIpc) is 2.38. The maximum Gasteiger partial charge on any atom is 0.223 e. The van der Waals surface area contributed by atoms with Crippen molar-refractivity contribution in [2.75, 3.05) is 31.1 Å². The molecular weight excluding hydrogens is 250 g/mol. The number of pyridine rings is 1. The monoisotopic (exact) mass is 275 g/mol. The Morgan fingerprint density at radius 3 is 2.35 bits per heavy atom. The minimum atomic E-state index is 0.0622. The van der Waals surface area contributed by atoms with Crippen molar-refractivity contribution in [3.05, 3.63) is 23.9 Å². The molecule has 0 N–H and O–H groups in total. The van der Waals surface area contributed by atoms with Gasteiger partial charge in [-0.25, -0.2) is 4.98 Å². The maximum absolute atomic E-state index is 12.2. The van der Waals surface area contributed by atoms with Crippen LogP contribution in [0.25, 0.3) is 0 Å². The van der Waals surface area contributed by atoms with Crippen molar-refractivity contribution < 1.29 is 4.79 Å². The molecular formula is C16H25N3O. The molecule has 0 radical (unpaired) electrons. The van der Waals surface area contributed by atoms with Gasteiger partial charge in [0.2, 0.25) is 5.91 Å². The molecule has 0 unspecified atom stereocenters. The van der Waals surface area contributed by atoms with E-state index >= 15 is 0 Å². The molecule has 1 aliphatic rings. The Morgan fingerprint density at radius 1 is 1.20 bits per heavy atom. The van der Waals surface area contributed by atoms with Crippen molar-refractivity contribution in [1.29, 1.82) is 0 Å². The SMILES string of the molecule is Cc1ccc(N2CCN(C(=O)CC(C)(C)C)CC2)nc1. The van der Waals surface area contributed by atoms with Crippen molar-refractivity contribution in [3.63, 3.8) is 0 Å². The molecule has 1 fully saturated rings. The summed E-state index contributed by atoms with van der Waals surface area (Å²) in [6, 6.07) is 4.14. The summed E-state index contributed by atoms with van der Waals surface area (Å²) in [6.45, 7) is 11.7.